The lowest BCUT2D eigenvalue weighted by Crippen LogP contribution is -2.51. The van der Waals surface area contributed by atoms with Crippen LogP contribution in [0, 0.1) is 10.8 Å². The van der Waals surface area contributed by atoms with Crippen LogP contribution in [0.25, 0.3) is 0 Å². The molecule has 4 nitrogen and oxygen atoms in total. The van der Waals surface area contributed by atoms with Crippen molar-refractivity contribution in [2.75, 3.05) is 6.61 Å². The molecular formula is C18H37NO3. The zero-order chi connectivity index (χ0) is 18.0. The summed E-state index contributed by atoms with van der Waals surface area (Å²) in [7, 11) is 0. The lowest BCUT2D eigenvalue weighted by Gasteiger charge is -2.42. The van der Waals surface area contributed by atoms with E-state index in [9.17, 15) is 4.79 Å². The highest BCUT2D eigenvalue weighted by molar-refractivity contribution is 5.68. The van der Waals surface area contributed by atoms with Crippen LogP contribution in [0.2, 0.25) is 0 Å². The predicted molar refractivity (Wildman–Crippen MR) is 92.1 cm³/mol. The van der Waals surface area contributed by atoms with Gasteiger partial charge >= 0.3 is 6.09 Å². The van der Waals surface area contributed by atoms with Crippen molar-refractivity contribution in [2.45, 2.75) is 93.4 Å². The molecule has 4 heteroatoms. The fourth-order valence-corrected chi connectivity index (χ4v) is 2.71. The summed E-state index contributed by atoms with van der Waals surface area (Å²) in [5.74, 6) is 0. The highest BCUT2D eigenvalue weighted by Crippen LogP contribution is 2.36. The highest BCUT2D eigenvalue weighted by Gasteiger charge is 2.37. The van der Waals surface area contributed by atoms with Crippen molar-refractivity contribution < 1.29 is 14.3 Å². The van der Waals surface area contributed by atoms with Gasteiger partial charge in [0.1, 0.15) is 5.60 Å². The Hall–Kier alpha value is -0.770. The summed E-state index contributed by atoms with van der Waals surface area (Å²) < 4.78 is 11.5. The summed E-state index contributed by atoms with van der Waals surface area (Å²) in [6.45, 7) is 22.9. The highest BCUT2D eigenvalue weighted by atomic mass is 16.6. The second kappa shape index (κ2) is 6.77. The van der Waals surface area contributed by atoms with E-state index in [1.165, 1.54) is 0 Å². The number of ether oxygens (including phenoxy) is 2. The number of hydrogen-bond acceptors (Lipinski definition) is 3. The smallest absolute Gasteiger partial charge is 0.408 e. The summed E-state index contributed by atoms with van der Waals surface area (Å²) in [4.78, 5) is 11.9. The summed E-state index contributed by atoms with van der Waals surface area (Å²) in [5, 5.41) is 2.88. The monoisotopic (exact) mass is 315 g/mol. The second-order valence-corrected chi connectivity index (χ2v) is 9.93. The number of carbonyl (C=O) groups is 1. The van der Waals surface area contributed by atoms with E-state index in [0.29, 0.717) is 6.61 Å². The van der Waals surface area contributed by atoms with Crippen molar-refractivity contribution in [3.63, 3.8) is 0 Å². The number of rotatable bonds is 4. The summed E-state index contributed by atoms with van der Waals surface area (Å²) >= 11 is 0. The van der Waals surface area contributed by atoms with Gasteiger partial charge in [-0.3, -0.25) is 0 Å². The Labute approximate surface area is 137 Å². The molecule has 0 saturated carbocycles. The molecule has 0 radical (unpaired) electrons. The fraction of sp³-hybridized carbons (Fsp3) is 0.944. The van der Waals surface area contributed by atoms with E-state index >= 15 is 0 Å². The predicted octanol–water partition coefficient (Wildman–Crippen LogP) is 4.77. The van der Waals surface area contributed by atoms with E-state index in [0.717, 1.165) is 0 Å². The van der Waals surface area contributed by atoms with Crippen LogP contribution in [0.4, 0.5) is 4.79 Å². The third-order valence-electron chi connectivity index (χ3n) is 3.02. The number of nitrogens with one attached hydrogen (secondary N) is 1. The van der Waals surface area contributed by atoms with Crippen LogP contribution in [0.5, 0.6) is 0 Å². The van der Waals surface area contributed by atoms with Crippen LogP contribution in [0.15, 0.2) is 0 Å². The SMILES string of the molecule is CC(C)(COC(C(C)(C)C)C(C)(C)C)NC(=O)OC(C)(C)C. The molecule has 0 aliphatic carbocycles. The first-order valence-corrected chi connectivity index (χ1v) is 8.07. The summed E-state index contributed by atoms with van der Waals surface area (Å²) in [5.41, 5.74) is -0.933. The van der Waals surface area contributed by atoms with E-state index in [1.54, 1.807) is 0 Å². The fourth-order valence-electron chi connectivity index (χ4n) is 2.71. The molecule has 0 spiro atoms. The third kappa shape index (κ3) is 8.62. The van der Waals surface area contributed by atoms with Crippen LogP contribution in [-0.4, -0.2) is 29.9 Å². The van der Waals surface area contributed by atoms with Crippen molar-refractivity contribution in [1.29, 1.82) is 0 Å². The Balaban J connectivity index is 4.74. The summed E-state index contributed by atoms with van der Waals surface area (Å²) in [6.07, 6.45) is -0.330. The van der Waals surface area contributed by atoms with Crippen LogP contribution >= 0.6 is 0 Å². The first-order valence-electron chi connectivity index (χ1n) is 8.07. The minimum atomic E-state index is -0.500. The number of amides is 1. The first kappa shape index (κ1) is 21.2. The standard InChI is InChI=1S/C18H37NO3/c1-15(2,3)13(16(4,5)6)21-12-18(10,11)19-14(20)22-17(7,8)9/h13H,12H2,1-11H3,(H,19,20). The lowest BCUT2D eigenvalue weighted by molar-refractivity contribution is -0.0964. The van der Waals surface area contributed by atoms with E-state index in [-0.39, 0.29) is 16.9 Å². The van der Waals surface area contributed by atoms with Gasteiger partial charge in [0.05, 0.1) is 18.2 Å². The zero-order valence-electron chi connectivity index (χ0n) is 16.5. The molecule has 22 heavy (non-hydrogen) atoms. The van der Waals surface area contributed by atoms with Gasteiger partial charge in [-0.05, 0) is 45.4 Å². The van der Waals surface area contributed by atoms with E-state index in [2.05, 4.69) is 46.9 Å². The Morgan fingerprint density at radius 2 is 1.27 bits per heavy atom. The molecule has 0 fully saturated rings. The molecule has 0 unspecified atom stereocenters. The van der Waals surface area contributed by atoms with Crippen molar-refractivity contribution in [3.8, 4) is 0 Å². The Kier molecular flexibility index (Phi) is 6.54. The van der Waals surface area contributed by atoms with Crippen molar-refractivity contribution in [2.24, 2.45) is 10.8 Å². The molecule has 0 aromatic heterocycles. The molecule has 0 aliphatic rings. The van der Waals surface area contributed by atoms with Gasteiger partial charge < -0.3 is 14.8 Å². The quantitative estimate of drug-likeness (QED) is 0.813. The number of alkyl carbamates (subject to hydrolysis) is 1. The van der Waals surface area contributed by atoms with Crippen LogP contribution in [0.3, 0.4) is 0 Å². The Morgan fingerprint density at radius 1 is 0.864 bits per heavy atom. The molecule has 132 valence electrons. The molecule has 0 atom stereocenters. The molecule has 0 rings (SSSR count). The topological polar surface area (TPSA) is 47.6 Å². The van der Waals surface area contributed by atoms with Crippen LogP contribution in [0.1, 0.15) is 76.2 Å². The molecule has 0 bridgehead atoms. The van der Waals surface area contributed by atoms with Crippen molar-refractivity contribution in [1.82, 2.24) is 5.32 Å². The van der Waals surface area contributed by atoms with Gasteiger partial charge in [-0.1, -0.05) is 41.5 Å². The van der Waals surface area contributed by atoms with Crippen molar-refractivity contribution in [3.05, 3.63) is 0 Å². The van der Waals surface area contributed by atoms with Gasteiger partial charge in [0, 0.05) is 0 Å². The maximum absolute atomic E-state index is 11.9. The Bertz CT molecular complexity index is 353. The average molecular weight is 315 g/mol. The molecule has 0 saturated heterocycles. The Morgan fingerprint density at radius 3 is 1.59 bits per heavy atom. The first-order chi connectivity index (χ1) is 9.44. The lowest BCUT2D eigenvalue weighted by atomic mass is 9.74. The minimum absolute atomic E-state index is 0.0280. The van der Waals surface area contributed by atoms with Gasteiger partial charge in [-0.15, -0.1) is 0 Å². The van der Waals surface area contributed by atoms with E-state index in [1.807, 2.05) is 34.6 Å². The molecule has 1 N–H and O–H groups in total. The normalized spacial score (nSPS) is 14.2. The number of hydrogen-bond donors (Lipinski definition) is 1. The summed E-state index contributed by atoms with van der Waals surface area (Å²) in [6, 6.07) is 0. The maximum atomic E-state index is 11.9. The molecule has 0 aromatic rings. The van der Waals surface area contributed by atoms with Gasteiger partial charge in [-0.25, -0.2) is 4.79 Å². The van der Waals surface area contributed by atoms with Gasteiger partial charge in [0.25, 0.3) is 0 Å². The van der Waals surface area contributed by atoms with Gasteiger partial charge in [-0.2, -0.15) is 0 Å². The third-order valence-corrected chi connectivity index (χ3v) is 3.02. The maximum Gasteiger partial charge on any atom is 0.408 e. The molecule has 0 aromatic carbocycles. The number of carbonyl (C=O) groups excluding carboxylic acids is 1. The second-order valence-electron chi connectivity index (χ2n) is 9.93. The van der Waals surface area contributed by atoms with Crippen LogP contribution < -0.4 is 5.32 Å². The zero-order valence-corrected chi connectivity index (χ0v) is 16.5. The largest absolute Gasteiger partial charge is 0.444 e. The van der Waals surface area contributed by atoms with E-state index in [4.69, 9.17) is 9.47 Å². The molecular weight excluding hydrogens is 278 g/mol. The van der Waals surface area contributed by atoms with Crippen LogP contribution in [-0.2, 0) is 9.47 Å². The molecule has 0 aliphatic heterocycles. The van der Waals surface area contributed by atoms with Crippen molar-refractivity contribution >= 4 is 6.09 Å². The minimum Gasteiger partial charge on any atom is -0.444 e. The molecule has 1 amide bonds. The van der Waals surface area contributed by atoms with Gasteiger partial charge in [0.2, 0.25) is 0 Å². The molecule has 0 heterocycles. The average Bonchev–Trinajstić information content (AvgIpc) is 2.06. The van der Waals surface area contributed by atoms with E-state index < -0.39 is 17.2 Å². The van der Waals surface area contributed by atoms with Gasteiger partial charge in [0.15, 0.2) is 0 Å².